The SMILES string of the molecule is C[C@H]1CCCC[C@@]12NC(=O)N(CC(=O)N1CCC(n3c(=O)[nH]c4ccccc43)CC1)C2=O. The Bertz CT molecular complexity index is 1130. The van der Waals surface area contributed by atoms with Gasteiger partial charge in [0.1, 0.15) is 12.1 Å². The average molecular weight is 440 g/mol. The number of aromatic nitrogens is 2. The fourth-order valence-electron chi connectivity index (χ4n) is 5.68. The molecule has 3 aliphatic rings. The lowest BCUT2D eigenvalue weighted by Gasteiger charge is -2.37. The Labute approximate surface area is 185 Å². The summed E-state index contributed by atoms with van der Waals surface area (Å²) in [5.74, 6) is -0.417. The molecule has 4 amide bonds. The lowest BCUT2D eigenvalue weighted by Crippen LogP contribution is -2.54. The van der Waals surface area contributed by atoms with Gasteiger partial charge >= 0.3 is 11.7 Å². The van der Waals surface area contributed by atoms with Crippen molar-refractivity contribution < 1.29 is 14.4 Å². The Morgan fingerprint density at radius 1 is 1.09 bits per heavy atom. The molecule has 2 atom stereocenters. The molecule has 9 nitrogen and oxygen atoms in total. The smallest absolute Gasteiger partial charge is 0.326 e. The van der Waals surface area contributed by atoms with Crippen LogP contribution >= 0.6 is 0 Å². The highest BCUT2D eigenvalue weighted by molar-refractivity contribution is 6.09. The number of imidazole rings is 1. The van der Waals surface area contributed by atoms with Gasteiger partial charge in [-0.15, -0.1) is 0 Å². The number of H-pyrrole nitrogens is 1. The summed E-state index contributed by atoms with van der Waals surface area (Å²) >= 11 is 0. The van der Waals surface area contributed by atoms with Crippen LogP contribution in [0.5, 0.6) is 0 Å². The second-order valence-electron chi connectivity index (χ2n) is 9.37. The summed E-state index contributed by atoms with van der Waals surface area (Å²) in [5, 5.41) is 2.90. The fraction of sp³-hybridized carbons (Fsp3) is 0.565. The summed E-state index contributed by atoms with van der Waals surface area (Å²) in [6, 6.07) is 7.14. The van der Waals surface area contributed by atoms with E-state index in [-0.39, 0.29) is 36.0 Å². The van der Waals surface area contributed by atoms with Crippen molar-refractivity contribution in [1.82, 2.24) is 24.7 Å². The summed E-state index contributed by atoms with van der Waals surface area (Å²) in [6.07, 6.45) is 4.78. The van der Waals surface area contributed by atoms with Gasteiger partial charge in [0.05, 0.1) is 11.0 Å². The highest BCUT2D eigenvalue weighted by atomic mass is 16.2. The van der Waals surface area contributed by atoms with Gasteiger partial charge in [0.2, 0.25) is 5.91 Å². The molecular weight excluding hydrogens is 410 g/mol. The van der Waals surface area contributed by atoms with Crippen LogP contribution < -0.4 is 11.0 Å². The molecule has 1 spiro atoms. The van der Waals surface area contributed by atoms with Crippen molar-refractivity contribution in [1.29, 1.82) is 0 Å². The van der Waals surface area contributed by atoms with Gasteiger partial charge in [0, 0.05) is 19.1 Å². The van der Waals surface area contributed by atoms with Crippen molar-refractivity contribution in [3.63, 3.8) is 0 Å². The molecule has 1 aliphatic carbocycles. The van der Waals surface area contributed by atoms with Gasteiger partial charge in [-0.25, -0.2) is 9.59 Å². The highest BCUT2D eigenvalue weighted by Gasteiger charge is 2.55. The van der Waals surface area contributed by atoms with Crippen LogP contribution in [-0.4, -0.2) is 62.4 Å². The zero-order chi connectivity index (χ0) is 22.5. The molecule has 2 aromatic rings. The molecule has 5 rings (SSSR count). The van der Waals surface area contributed by atoms with Crippen molar-refractivity contribution >= 4 is 28.9 Å². The standard InChI is InChI=1S/C23H29N5O4/c1-15-6-4-5-11-23(15)20(30)27(22(32)25-23)14-19(29)26-12-9-16(10-13-26)28-18-8-3-2-7-17(18)24-21(28)31/h2-3,7-8,15-16H,4-6,9-14H2,1H3,(H,24,31)(H,25,32)/t15-,23+/m0/s1. The van der Waals surface area contributed by atoms with Crippen LogP contribution in [0.4, 0.5) is 4.79 Å². The number of hydrogen-bond acceptors (Lipinski definition) is 4. The van der Waals surface area contributed by atoms with Crippen molar-refractivity contribution in [2.75, 3.05) is 19.6 Å². The molecule has 2 saturated heterocycles. The number of carbonyl (C=O) groups is 3. The van der Waals surface area contributed by atoms with Crippen molar-refractivity contribution in [3.05, 3.63) is 34.7 Å². The van der Waals surface area contributed by atoms with Crippen LogP contribution in [0.15, 0.2) is 29.1 Å². The van der Waals surface area contributed by atoms with Crippen LogP contribution in [-0.2, 0) is 9.59 Å². The molecule has 1 aromatic heterocycles. The largest absolute Gasteiger partial charge is 0.341 e. The van der Waals surface area contributed by atoms with Crippen LogP contribution in [0.25, 0.3) is 11.0 Å². The van der Waals surface area contributed by atoms with Crippen LogP contribution in [0, 0.1) is 5.92 Å². The van der Waals surface area contributed by atoms with Gasteiger partial charge in [-0.1, -0.05) is 31.9 Å². The van der Waals surface area contributed by atoms with Crippen molar-refractivity contribution in [3.8, 4) is 0 Å². The molecule has 0 radical (unpaired) electrons. The molecule has 1 saturated carbocycles. The highest BCUT2D eigenvalue weighted by Crippen LogP contribution is 2.38. The number of aromatic amines is 1. The van der Waals surface area contributed by atoms with E-state index in [0.717, 1.165) is 35.2 Å². The minimum atomic E-state index is -0.848. The molecule has 0 unspecified atom stereocenters. The third-order valence-electron chi connectivity index (χ3n) is 7.60. The molecule has 3 fully saturated rings. The van der Waals surface area contributed by atoms with Gasteiger partial charge in [-0.2, -0.15) is 0 Å². The molecule has 3 heterocycles. The van der Waals surface area contributed by atoms with Crippen LogP contribution in [0.2, 0.25) is 0 Å². The number of benzene rings is 1. The molecule has 32 heavy (non-hydrogen) atoms. The van der Waals surface area contributed by atoms with Crippen molar-refractivity contribution in [2.45, 2.75) is 57.0 Å². The number of likely N-dealkylation sites (tertiary alicyclic amines) is 1. The normalized spacial score (nSPS) is 26.8. The van der Waals surface area contributed by atoms with Gasteiger partial charge in [0.15, 0.2) is 0 Å². The Kier molecular flexibility index (Phi) is 5.06. The summed E-state index contributed by atoms with van der Waals surface area (Å²) in [7, 11) is 0. The molecule has 0 bridgehead atoms. The van der Waals surface area contributed by atoms with E-state index < -0.39 is 11.6 Å². The molecule has 2 N–H and O–H groups in total. The number of hydrogen-bond donors (Lipinski definition) is 2. The van der Waals surface area contributed by atoms with Crippen LogP contribution in [0.3, 0.4) is 0 Å². The second-order valence-corrected chi connectivity index (χ2v) is 9.37. The number of amides is 4. The predicted octanol–water partition coefficient (Wildman–Crippen LogP) is 1.99. The maximum Gasteiger partial charge on any atom is 0.326 e. The van der Waals surface area contributed by atoms with Crippen molar-refractivity contribution in [2.24, 2.45) is 5.92 Å². The predicted molar refractivity (Wildman–Crippen MR) is 118 cm³/mol. The third-order valence-corrected chi connectivity index (χ3v) is 7.60. The Morgan fingerprint density at radius 3 is 2.59 bits per heavy atom. The van der Waals surface area contributed by atoms with Gasteiger partial charge < -0.3 is 15.2 Å². The number of fused-ring (bicyclic) bond motifs is 1. The third kappa shape index (κ3) is 3.22. The van der Waals surface area contributed by atoms with Gasteiger partial charge in [0.25, 0.3) is 5.91 Å². The lowest BCUT2D eigenvalue weighted by atomic mass is 9.73. The van der Waals surface area contributed by atoms with E-state index in [0.29, 0.717) is 32.4 Å². The van der Waals surface area contributed by atoms with E-state index in [9.17, 15) is 19.2 Å². The first-order valence-electron chi connectivity index (χ1n) is 11.5. The minimum absolute atomic E-state index is 0.00535. The first-order valence-corrected chi connectivity index (χ1v) is 11.5. The number of nitrogens with one attached hydrogen (secondary N) is 2. The topological polar surface area (TPSA) is 108 Å². The molecular formula is C23H29N5O4. The fourth-order valence-corrected chi connectivity index (χ4v) is 5.68. The maximum absolute atomic E-state index is 13.1. The molecule has 170 valence electrons. The number of imide groups is 1. The van der Waals surface area contributed by atoms with Gasteiger partial charge in [-0.05, 0) is 43.7 Å². The number of piperidine rings is 1. The first kappa shape index (κ1) is 20.8. The molecule has 1 aromatic carbocycles. The number of nitrogens with zero attached hydrogens (tertiary/aromatic N) is 3. The number of para-hydroxylation sites is 2. The zero-order valence-electron chi connectivity index (χ0n) is 18.3. The Balaban J connectivity index is 1.24. The van der Waals surface area contributed by atoms with Gasteiger partial charge in [-0.3, -0.25) is 19.1 Å². The molecule has 2 aliphatic heterocycles. The average Bonchev–Trinajstić information content (AvgIpc) is 3.24. The van der Waals surface area contributed by atoms with E-state index in [4.69, 9.17) is 0 Å². The van der Waals surface area contributed by atoms with E-state index in [1.54, 1.807) is 9.47 Å². The van der Waals surface area contributed by atoms with E-state index >= 15 is 0 Å². The number of carbonyl (C=O) groups excluding carboxylic acids is 3. The quantitative estimate of drug-likeness (QED) is 0.713. The summed E-state index contributed by atoms with van der Waals surface area (Å²) in [5.41, 5.74) is 0.690. The minimum Gasteiger partial charge on any atom is -0.341 e. The summed E-state index contributed by atoms with van der Waals surface area (Å²) < 4.78 is 1.78. The lowest BCUT2D eigenvalue weighted by molar-refractivity contribution is -0.141. The molecule has 9 heteroatoms. The van der Waals surface area contributed by atoms with E-state index in [1.165, 1.54) is 0 Å². The van der Waals surface area contributed by atoms with E-state index in [1.807, 2.05) is 31.2 Å². The van der Waals surface area contributed by atoms with E-state index in [2.05, 4.69) is 10.3 Å². The number of rotatable bonds is 3. The Morgan fingerprint density at radius 2 is 1.84 bits per heavy atom. The summed E-state index contributed by atoms with van der Waals surface area (Å²) in [6.45, 7) is 2.75. The second kappa shape index (κ2) is 7.79. The summed E-state index contributed by atoms with van der Waals surface area (Å²) in [4.78, 5) is 56.8. The number of urea groups is 1. The maximum atomic E-state index is 13.1. The first-order chi connectivity index (χ1) is 15.4. The monoisotopic (exact) mass is 439 g/mol. The zero-order valence-corrected chi connectivity index (χ0v) is 18.3. The Hall–Kier alpha value is -3.10. The van der Waals surface area contributed by atoms with Crippen LogP contribution in [0.1, 0.15) is 51.5 Å².